The van der Waals surface area contributed by atoms with Crippen molar-refractivity contribution >= 4 is 87.7 Å². The number of aromatic nitrogens is 2. The first-order chi connectivity index (χ1) is 27.1. The van der Waals surface area contributed by atoms with E-state index in [2.05, 4.69) is 23.8 Å². The quantitative estimate of drug-likeness (QED) is 0.163. The van der Waals surface area contributed by atoms with E-state index in [-0.39, 0.29) is 29.6 Å². The van der Waals surface area contributed by atoms with E-state index in [0.29, 0.717) is 63.1 Å². The summed E-state index contributed by atoms with van der Waals surface area (Å²) in [5.74, 6) is 0.286. The number of hydrogen-bond acceptors (Lipinski definition) is 8. The number of rotatable bonds is 6. The van der Waals surface area contributed by atoms with E-state index in [1.807, 2.05) is 9.80 Å². The van der Waals surface area contributed by atoms with Gasteiger partial charge in [-0.1, -0.05) is 54.7 Å². The molecule has 4 heterocycles. The molecule has 6 aromatic rings. The molecule has 0 spiro atoms. The largest absolute Gasteiger partial charge is 0.370 e. The Morgan fingerprint density at radius 3 is 1.47 bits per heavy atom. The highest BCUT2D eigenvalue weighted by molar-refractivity contribution is 7.92. The van der Waals surface area contributed by atoms with Crippen molar-refractivity contribution in [1.82, 2.24) is 9.97 Å². The third-order valence-corrected chi connectivity index (χ3v) is 15.1. The summed E-state index contributed by atoms with van der Waals surface area (Å²) in [6.45, 7) is 7.19. The number of sulfone groups is 2. The maximum absolute atomic E-state index is 14.1. The first-order valence-electron chi connectivity index (χ1n) is 18.5. The van der Waals surface area contributed by atoms with Gasteiger partial charge in [-0.15, -0.1) is 0 Å². The second kappa shape index (κ2) is 16.7. The molecule has 0 bridgehead atoms. The molecule has 0 aliphatic carbocycles. The normalized spacial score (nSPS) is 15.8. The lowest BCUT2D eigenvalue weighted by Crippen LogP contribution is -2.34. The van der Waals surface area contributed by atoms with Crippen LogP contribution in [0.2, 0.25) is 15.1 Å². The van der Waals surface area contributed by atoms with Gasteiger partial charge in [0.25, 0.3) is 0 Å². The topological polar surface area (TPSA) is 101 Å². The predicted molar refractivity (Wildman–Crippen MR) is 223 cm³/mol. The number of benzene rings is 4. The summed E-state index contributed by atoms with van der Waals surface area (Å²) in [7, 11) is -7.82. The molecule has 0 N–H and O–H groups in total. The number of fused-ring (bicyclic) bond motifs is 2. The molecule has 2 fully saturated rings. The van der Waals surface area contributed by atoms with Crippen LogP contribution in [0.25, 0.3) is 21.8 Å². The van der Waals surface area contributed by atoms with E-state index in [1.165, 1.54) is 67.0 Å². The van der Waals surface area contributed by atoms with Crippen molar-refractivity contribution in [2.75, 3.05) is 36.0 Å². The van der Waals surface area contributed by atoms with Crippen molar-refractivity contribution in [3.63, 3.8) is 0 Å². The van der Waals surface area contributed by atoms with Gasteiger partial charge in [-0.05, 0) is 110 Å². The Morgan fingerprint density at radius 1 is 0.579 bits per heavy atom. The first-order valence-corrected chi connectivity index (χ1v) is 22.6. The van der Waals surface area contributed by atoms with Gasteiger partial charge < -0.3 is 9.80 Å². The summed E-state index contributed by atoms with van der Waals surface area (Å²) >= 11 is 18.0. The molecule has 57 heavy (non-hydrogen) atoms. The van der Waals surface area contributed by atoms with Gasteiger partial charge in [-0.3, -0.25) is 9.97 Å². The SMILES string of the molecule is CC1CCN(c2c(S(=O)(=O)c3ccc(Cl)c(Cl)c3)cnc3ccc(F)cc23)CC1.CC1CCN(c2c(S(=O)(=O)c3cccc(Cl)c3)cnc3ccc(F)cc23)CC1. The van der Waals surface area contributed by atoms with Crippen LogP contribution in [0, 0.1) is 23.5 Å². The first kappa shape index (κ1) is 41.1. The number of pyridine rings is 2. The fourth-order valence-electron chi connectivity index (χ4n) is 7.31. The molecule has 2 aliphatic rings. The van der Waals surface area contributed by atoms with Crippen LogP contribution in [0.4, 0.5) is 20.2 Å². The van der Waals surface area contributed by atoms with Gasteiger partial charge in [0.1, 0.15) is 21.4 Å². The molecular weight excluding hydrogens is 833 g/mol. The Morgan fingerprint density at radius 2 is 1.04 bits per heavy atom. The monoisotopic (exact) mass is 870 g/mol. The van der Waals surface area contributed by atoms with Crippen LogP contribution in [-0.4, -0.2) is 53.0 Å². The zero-order valence-electron chi connectivity index (χ0n) is 31.1. The molecule has 15 heteroatoms. The van der Waals surface area contributed by atoms with Crippen LogP contribution in [0.3, 0.4) is 0 Å². The molecule has 8 nitrogen and oxygen atoms in total. The molecule has 0 saturated carbocycles. The second-order valence-electron chi connectivity index (χ2n) is 14.6. The van der Waals surface area contributed by atoms with Crippen LogP contribution >= 0.6 is 34.8 Å². The van der Waals surface area contributed by atoms with E-state index in [1.54, 1.807) is 24.3 Å². The summed E-state index contributed by atoms with van der Waals surface area (Å²) in [4.78, 5) is 12.9. The number of piperidine rings is 2. The molecule has 2 aromatic heterocycles. The Bertz CT molecular complexity index is 2710. The maximum Gasteiger partial charge on any atom is 0.210 e. The van der Waals surface area contributed by atoms with Crippen molar-refractivity contribution in [3.8, 4) is 0 Å². The Balaban J connectivity index is 0.000000174. The molecule has 4 aromatic carbocycles. The van der Waals surface area contributed by atoms with Crippen LogP contribution in [0.1, 0.15) is 39.5 Å². The van der Waals surface area contributed by atoms with Crippen molar-refractivity contribution < 1.29 is 25.6 Å². The van der Waals surface area contributed by atoms with Crippen LogP contribution in [-0.2, 0) is 19.7 Å². The third-order valence-electron chi connectivity index (χ3n) is 10.6. The van der Waals surface area contributed by atoms with Crippen LogP contribution < -0.4 is 9.80 Å². The minimum Gasteiger partial charge on any atom is -0.370 e. The highest BCUT2D eigenvalue weighted by Crippen LogP contribution is 2.40. The van der Waals surface area contributed by atoms with E-state index in [0.717, 1.165) is 38.8 Å². The lowest BCUT2D eigenvalue weighted by Gasteiger charge is -2.34. The van der Waals surface area contributed by atoms with Crippen LogP contribution in [0.5, 0.6) is 0 Å². The van der Waals surface area contributed by atoms with E-state index >= 15 is 0 Å². The second-order valence-corrected chi connectivity index (χ2v) is 19.7. The molecule has 2 saturated heterocycles. The minimum absolute atomic E-state index is 0.0241. The van der Waals surface area contributed by atoms with Crippen molar-refractivity contribution in [3.05, 3.63) is 118 Å². The Labute approximate surface area is 346 Å². The van der Waals surface area contributed by atoms with Gasteiger partial charge in [0, 0.05) is 54.4 Å². The number of hydrogen-bond donors (Lipinski definition) is 0. The van der Waals surface area contributed by atoms with Gasteiger partial charge in [0.2, 0.25) is 19.7 Å². The Kier molecular flexibility index (Phi) is 12.0. The zero-order valence-corrected chi connectivity index (χ0v) is 35.0. The highest BCUT2D eigenvalue weighted by Gasteiger charge is 2.31. The summed E-state index contributed by atoms with van der Waals surface area (Å²) in [6.07, 6.45) is 6.51. The molecule has 0 unspecified atom stereocenters. The number of anilines is 2. The molecule has 298 valence electrons. The summed E-state index contributed by atoms with van der Waals surface area (Å²) in [5.41, 5.74) is 2.14. The van der Waals surface area contributed by atoms with Crippen molar-refractivity contribution in [2.24, 2.45) is 11.8 Å². The maximum atomic E-state index is 14.1. The van der Waals surface area contributed by atoms with Crippen molar-refractivity contribution in [2.45, 2.75) is 59.1 Å². The predicted octanol–water partition coefficient (Wildman–Crippen LogP) is 10.8. The number of nitrogens with zero attached hydrogens (tertiary/aromatic N) is 4. The average molecular weight is 872 g/mol. The van der Waals surface area contributed by atoms with E-state index in [4.69, 9.17) is 34.8 Å². The van der Waals surface area contributed by atoms with Crippen LogP contribution in [0.15, 0.2) is 111 Å². The van der Waals surface area contributed by atoms with Crippen molar-refractivity contribution in [1.29, 1.82) is 0 Å². The molecule has 2 aliphatic heterocycles. The van der Waals surface area contributed by atoms with Gasteiger partial charge in [0.05, 0.1) is 42.2 Å². The average Bonchev–Trinajstić information content (AvgIpc) is 3.19. The summed E-state index contributed by atoms with van der Waals surface area (Å²) in [5, 5.41) is 1.77. The molecule has 0 atom stereocenters. The lowest BCUT2D eigenvalue weighted by atomic mass is 9.98. The van der Waals surface area contributed by atoms with Gasteiger partial charge >= 0.3 is 0 Å². The zero-order chi connectivity index (χ0) is 40.6. The fourth-order valence-corrected chi connectivity index (χ4v) is 10.9. The standard InChI is InChI=1S/C21H19Cl2FN2O2S.C21H20ClFN2O2S/c1-13-6-8-26(9-7-13)21-16-10-14(24)2-5-19(16)25-12-20(21)29(27,28)15-3-4-17(22)18(23)11-15;1-14-7-9-25(10-8-14)21-18-12-16(23)5-6-19(18)24-13-20(21)28(26,27)17-4-2-3-15(22)11-17/h2-5,10-13H,6-9H2,1H3;2-6,11-14H,7-10H2,1H3. The number of halogens is 5. The fraction of sp³-hybridized carbons (Fsp3) is 0.286. The molecular formula is C42H39Cl3F2N4O4S2. The summed E-state index contributed by atoms with van der Waals surface area (Å²) < 4.78 is 81.9. The summed E-state index contributed by atoms with van der Waals surface area (Å²) in [6, 6.07) is 18.9. The Hall–Kier alpha value is -4.07. The molecule has 0 radical (unpaired) electrons. The minimum atomic E-state index is -3.95. The molecule has 8 rings (SSSR count). The van der Waals surface area contributed by atoms with Gasteiger partial charge in [-0.2, -0.15) is 0 Å². The smallest absolute Gasteiger partial charge is 0.210 e. The lowest BCUT2D eigenvalue weighted by molar-refractivity contribution is 0.437. The third kappa shape index (κ3) is 8.57. The van der Waals surface area contributed by atoms with Gasteiger partial charge in [0.15, 0.2) is 0 Å². The van der Waals surface area contributed by atoms with E-state index < -0.39 is 31.3 Å². The molecule has 0 amide bonds. The van der Waals surface area contributed by atoms with E-state index in [9.17, 15) is 25.6 Å². The highest BCUT2D eigenvalue weighted by atomic mass is 35.5. The van der Waals surface area contributed by atoms with Gasteiger partial charge in [-0.25, -0.2) is 25.6 Å².